The second-order valence-corrected chi connectivity index (χ2v) is 4.57. The average Bonchev–Trinajstić information content (AvgIpc) is 2.75. The van der Waals surface area contributed by atoms with Crippen LogP contribution in [0.2, 0.25) is 0 Å². The van der Waals surface area contributed by atoms with Crippen molar-refractivity contribution < 1.29 is 4.52 Å². The molecule has 90 valence electrons. The Hall–Kier alpha value is -1.84. The molecule has 2 N–H and O–H groups in total. The maximum absolute atomic E-state index is 5.71. The van der Waals surface area contributed by atoms with E-state index < -0.39 is 0 Å². The molecule has 0 unspecified atom stereocenters. The zero-order chi connectivity index (χ0) is 12.3. The van der Waals surface area contributed by atoms with Gasteiger partial charge in [0, 0.05) is 17.7 Å². The summed E-state index contributed by atoms with van der Waals surface area (Å²) in [4.78, 5) is 4.36. The highest BCUT2D eigenvalue weighted by Gasteiger charge is 2.09. The third-order valence-electron chi connectivity index (χ3n) is 2.55. The van der Waals surface area contributed by atoms with E-state index in [4.69, 9.17) is 10.3 Å². The van der Waals surface area contributed by atoms with E-state index in [2.05, 4.69) is 24.0 Å². The van der Waals surface area contributed by atoms with Gasteiger partial charge in [-0.15, -0.1) is 0 Å². The Labute approximate surface area is 101 Å². The van der Waals surface area contributed by atoms with Crippen LogP contribution in [-0.4, -0.2) is 10.1 Å². The Kier molecular flexibility index (Phi) is 3.42. The van der Waals surface area contributed by atoms with Gasteiger partial charge in [-0.3, -0.25) is 0 Å². The summed E-state index contributed by atoms with van der Waals surface area (Å²) in [6.45, 7) is 4.36. The van der Waals surface area contributed by atoms with Crippen molar-refractivity contribution in [3.63, 3.8) is 0 Å². The first kappa shape index (κ1) is 11.6. The molecule has 0 aliphatic rings. The quantitative estimate of drug-likeness (QED) is 0.822. The maximum atomic E-state index is 5.71. The molecule has 0 amide bonds. The van der Waals surface area contributed by atoms with Crippen molar-refractivity contribution in [2.24, 2.45) is 5.92 Å². The highest BCUT2D eigenvalue weighted by molar-refractivity contribution is 5.59. The van der Waals surface area contributed by atoms with Gasteiger partial charge >= 0.3 is 0 Å². The fourth-order valence-corrected chi connectivity index (χ4v) is 1.56. The number of nitrogens with zero attached hydrogens (tertiary/aromatic N) is 2. The van der Waals surface area contributed by atoms with Gasteiger partial charge in [-0.05, 0) is 30.5 Å². The van der Waals surface area contributed by atoms with Gasteiger partial charge in [0.2, 0.25) is 0 Å². The van der Waals surface area contributed by atoms with Crippen LogP contribution in [0.5, 0.6) is 0 Å². The van der Waals surface area contributed by atoms with Crippen molar-refractivity contribution in [3.05, 3.63) is 30.1 Å². The number of hydrogen-bond acceptors (Lipinski definition) is 4. The molecular weight excluding hydrogens is 214 g/mol. The van der Waals surface area contributed by atoms with Gasteiger partial charge in [0.25, 0.3) is 5.89 Å². The lowest BCUT2D eigenvalue weighted by Gasteiger charge is -1.98. The SMILES string of the molecule is CC(C)CCc1noc(-c2cccc(N)c2)n1. The van der Waals surface area contributed by atoms with E-state index in [9.17, 15) is 0 Å². The van der Waals surface area contributed by atoms with Gasteiger partial charge in [-0.1, -0.05) is 25.1 Å². The zero-order valence-electron chi connectivity index (χ0n) is 10.2. The minimum absolute atomic E-state index is 0.538. The van der Waals surface area contributed by atoms with Crippen molar-refractivity contribution in [1.82, 2.24) is 10.1 Å². The molecule has 0 saturated carbocycles. The van der Waals surface area contributed by atoms with E-state index in [1.807, 2.05) is 24.3 Å². The highest BCUT2D eigenvalue weighted by atomic mass is 16.5. The number of aromatic nitrogens is 2. The van der Waals surface area contributed by atoms with Crippen LogP contribution in [0.4, 0.5) is 5.69 Å². The van der Waals surface area contributed by atoms with Gasteiger partial charge in [0.05, 0.1) is 0 Å². The van der Waals surface area contributed by atoms with E-state index in [0.29, 0.717) is 17.5 Å². The molecule has 4 nitrogen and oxygen atoms in total. The van der Waals surface area contributed by atoms with Crippen molar-refractivity contribution in [1.29, 1.82) is 0 Å². The fourth-order valence-electron chi connectivity index (χ4n) is 1.56. The highest BCUT2D eigenvalue weighted by Crippen LogP contribution is 2.20. The molecule has 0 spiro atoms. The Morgan fingerprint density at radius 1 is 1.35 bits per heavy atom. The monoisotopic (exact) mass is 231 g/mol. The van der Waals surface area contributed by atoms with Crippen LogP contribution >= 0.6 is 0 Å². The van der Waals surface area contributed by atoms with Gasteiger partial charge < -0.3 is 10.3 Å². The van der Waals surface area contributed by atoms with Crippen LogP contribution in [0.25, 0.3) is 11.5 Å². The molecule has 1 aromatic carbocycles. The molecule has 0 saturated heterocycles. The first-order valence-electron chi connectivity index (χ1n) is 5.83. The summed E-state index contributed by atoms with van der Waals surface area (Å²) in [5.41, 5.74) is 7.28. The van der Waals surface area contributed by atoms with E-state index >= 15 is 0 Å². The Bertz CT molecular complexity index is 491. The summed E-state index contributed by atoms with van der Waals surface area (Å²) in [7, 11) is 0. The summed E-state index contributed by atoms with van der Waals surface area (Å²) in [6.07, 6.45) is 1.92. The number of anilines is 1. The van der Waals surface area contributed by atoms with Crippen molar-refractivity contribution >= 4 is 5.69 Å². The molecule has 2 aromatic rings. The summed E-state index contributed by atoms with van der Waals surface area (Å²) in [5, 5.41) is 3.97. The average molecular weight is 231 g/mol. The predicted octanol–water partition coefficient (Wildman–Crippen LogP) is 2.91. The van der Waals surface area contributed by atoms with Crippen molar-refractivity contribution in [2.75, 3.05) is 5.73 Å². The third kappa shape index (κ3) is 3.06. The summed E-state index contributed by atoms with van der Waals surface area (Å²) < 4.78 is 5.22. The maximum Gasteiger partial charge on any atom is 0.257 e. The summed E-state index contributed by atoms with van der Waals surface area (Å²) >= 11 is 0. The number of hydrogen-bond donors (Lipinski definition) is 1. The molecule has 0 aliphatic carbocycles. The molecule has 0 atom stereocenters. The van der Waals surface area contributed by atoms with Crippen LogP contribution in [-0.2, 0) is 6.42 Å². The molecule has 0 aliphatic heterocycles. The molecule has 17 heavy (non-hydrogen) atoms. The van der Waals surface area contributed by atoms with E-state index in [-0.39, 0.29) is 0 Å². The van der Waals surface area contributed by atoms with Crippen LogP contribution in [0.3, 0.4) is 0 Å². The van der Waals surface area contributed by atoms with Crippen LogP contribution < -0.4 is 5.73 Å². The van der Waals surface area contributed by atoms with Crippen molar-refractivity contribution in [3.8, 4) is 11.5 Å². The third-order valence-corrected chi connectivity index (χ3v) is 2.55. The zero-order valence-corrected chi connectivity index (χ0v) is 10.2. The van der Waals surface area contributed by atoms with Crippen LogP contribution in [0.1, 0.15) is 26.1 Å². The molecule has 2 rings (SSSR count). The normalized spacial score (nSPS) is 11.0. The van der Waals surface area contributed by atoms with Crippen molar-refractivity contribution in [2.45, 2.75) is 26.7 Å². The molecule has 1 aromatic heterocycles. The molecular formula is C13H17N3O. The van der Waals surface area contributed by atoms with E-state index in [0.717, 1.165) is 24.2 Å². The lowest BCUT2D eigenvalue weighted by Crippen LogP contribution is -1.94. The number of nitrogens with two attached hydrogens (primary N) is 1. The van der Waals surface area contributed by atoms with E-state index in [1.165, 1.54) is 0 Å². The topological polar surface area (TPSA) is 64.9 Å². The predicted molar refractivity (Wildman–Crippen MR) is 67.3 cm³/mol. The summed E-state index contributed by atoms with van der Waals surface area (Å²) in [5.74, 6) is 1.94. The molecule has 0 fully saturated rings. The smallest absolute Gasteiger partial charge is 0.257 e. The Balaban J connectivity index is 2.12. The van der Waals surface area contributed by atoms with E-state index in [1.54, 1.807) is 0 Å². The first-order valence-corrected chi connectivity index (χ1v) is 5.83. The van der Waals surface area contributed by atoms with Gasteiger partial charge in [0.1, 0.15) is 0 Å². The lowest BCUT2D eigenvalue weighted by atomic mass is 10.1. The fraction of sp³-hybridized carbons (Fsp3) is 0.385. The number of nitrogen functional groups attached to an aromatic ring is 1. The first-order chi connectivity index (χ1) is 8.15. The lowest BCUT2D eigenvalue weighted by molar-refractivity contribution is 0.419. The van der Waals surface area contributed by atoms with Gasteiger partial charge in [-0.25, -0.2) is 0 Å². The van der Waals surface area contributed by atoms with Gasteiger partial charge in [-0.2, -0.15) is 4.98 Å². The summed E-state index contributed by atoms with van der Waals surface area (Å²) in [6, 6.07) is 7.46. The Morgan fingerprint density at radius 2 is 2.18 bits per heavy atom. The molecule has 0 bridgehead atoms. The molecule has 0 radical (unpaired) electrons. The minimum atomic E-state index is 0.538. The standard InChI is InChI=1S/C13H17N3O/c1-9(2)6-7-12-15-13(17-16-12)10-4-3-5-11(14)8-10/h3-5,8-9H,6-7,14H2,1-2H3. The van der Waals surface area contributed by atoms with Crippen LogP contribution in [0, 0.1) is 5.92 Å². The second-order valence-electron chi connectivity index (χ2n) is 4.57. The Morgan fingerprint density at radius 3 is 2.88 bits per heavy atom. The second kappa shape index (κ2) is 4.99. The number of aryl methyl sites for hydroxylation is 1. The number of benzene rings is 1. The number of rotatable bonds is 4. The molecule has 4 heteroatoms. The van der Waals surface area contributed by atoms with Gasteiger partial charge in [0.15, 0.2) is 5.82 Å². The largest absolute Gasteiger partial charge is 0.399 e. The molecule has 1 heterocycles. The van der Waals surface area contributed by atoms with Crippen LogP contribution in [0.15, 0.2) is 28.8 Å². The minimum Gasteiger partial charge on any atom is -0.399 e.